The van der Waals surface area contributed by atoms with Gasteiger partial charge < -0.3 is 15.6 Å². The van der Waals surface area contributed by atoms with Gasteiger partial charge in [0, 0.05) is 35.9 Å². The molecule has 4 aromatic carbocycles. The number of H-pyrrole nitrogens is 1. The number of carbonyl (C=O) groups excluding carboxylic acids is 2. The standard InChI is InChI=1S/C47H32N10O2S2/c1-26-13-3-5-15-28(26)44(58)56-42-38(46-54-30-17-7-9-19-34(30)60-46)36(40-48-21-11-22-49-40)32(52-42)25-33-37(41-50-23-12-24-51-41)39(47-55-31-18-8-10-20-35(31)61-47)43(53-33)57-45(59)29-16-6-4-14-27(29)2/h3-25,52H,1-2H3,(H,56,58)(H,53,57,59). The minimum atomic E-state index is -0.331. The van der Waals surface area contributed by atoms with Gasteiger partial charge in [-0.05, 0) is 79.6 Å². The molecule has 12 nitrogen and oxygen atoms in total. The van der Waals surface area contributed by atoms with Crippen molar-refractivity contribution in [2.24, 2.45) is 4.99 Å². The average molecular weight is 833 g/mol. The summed E-state index contributed by atoms with van der Waals surface area (Å²) in [6, 6.07) is 34.0. The normalized spacial score (nSPS) is 13.3. The lowest BCUT2D eigenvalue weighted by molar-refractivity contribution is 0.0975. The summed E-state index contributed by atoms with van der Waals surface area (Å²) in [6.45, 7) is 3.79. The smallest absolute Gasteiger partial charge is 0.257 e. The number of aromatic nitrogens is 7. The first kappa shape index (κ1) is 37.5. The van der Waals surface area contributed by atoms with Gasteiger partial charge in [0.25, 0.3) is 11.8 Å². The van der Waals surface area contributed by atoms with Crippen molar-refractivity contribution in [1.29, 1.82) is 0 Å². The van der Waals surface area contributed by atoms with E-state index >= 15 is 0 Å². The van der Waals surface area contributed by atoms with E-state index in [9.17, 15) is 9.59 Å². The van der Waals surface area contributed by atoms with Crippen molar-refractivity contribution >= 4 is 83.8 Å². The molecule has 0 bridgehead atoms. The number of amidine groups is 1. The Morgan fingerprint density at radius 2 is 1.10 bits per heavy atom. The molecule has 10 rings (SSSR count). The number of aliphatic imine (C=N–C) groups is 1. The second-order valence-corrected chi connectivity index (χ2v) is 16.1. The number of anilines is 1. The number of benzene rings is 4. The van der Waals surface area contributed by atoms with E-state index in [-0.39, 0.29) is 17.6 Å². The van der Waals surface area contributed by atoms with Crippen LogP contribution in [0.2, 0.25) is 0 Å². The second kappa shape index (κ2) is 15.7. The number of amides is 2. The summed E-state index contributed by atoms with van der Waals surface area (Å²) in [5.74, 6) is 0.796. The minimum absolute atomic E-state index is 0.282. The maximum Gasteiger partial charge on any atom is 0.257 e. The Balaban J connectivity index is 1.24. The lowest BCUT2D eigenvalue weighted by Crippen LogP contribution is -2.31. The molecule has 0 fully saturated rings. The first-order valence-electron chi connectivity index (χ1n) is 19.2. The van der Waals surface area contributed by atoms with Gasteiger partial charge in [-0.2, -0.15) is 0 Å². The maximum absolute atomic E-state index is 14.1. The molecule has 1 aliphatic heterocycles. The molecule has 2 amide bonds. The predicted octanol–water partition coefficient (Wildman–Crippen LogP) is 9.81. The number of rotatable bonds is 8. The van der Waals surface area contributed by atoms with Crippen molar-refractivity contribution in [3.05, 3.63) is 178 Å². The molecule has 0 aliphatic carbocycles. The molecule has 0 saturated heterocycles. The summed E-state index contributed by atoms with van der Waals surface area (Å²) in [5.41, 5.74) is 7.49. The van der Waals surface area contributed by atoms with E-state index in [1.54, 1.807) is 49.1 Å². The Morgan fingerprint density at radius 1 is 0.574 bits per heavy atom. The number of fused-ring (bicyclic) bond motifs is 2. The lowest BCUT2D eigenvalue weighted by atomic mass is 10.0. The molecule has 61 heavy (non-hydrogen) atoms. The molecule has 9 aromatic rings. The third kappa shape index (κ3) is 7.09. The van der Waals surface area contributed by atoms with Gasteiger partial charge >= 0.3 is 0 Å². The van der Waals surface area contributed by atoms with E-state index in [4.69, 9.17) is 34.9 Å². The maximum atomic E-state index is 14.1. The molecule has 0 spiro atoms. The number of carbonyl (C=O) groups is 2. The van der Waals surface area contributed by atoms with Crippen LogP contribution in [0.4, 0.5) is 5.82 Å². The number of nitrogens with zero attached hydrogens (tertiary/aromatic N) is 7. The zero-order chi connectivity index (χ0) is 41.5. The molecule has 0 saturated carbocycles. The highest BCUT2D eigenvalue weighted by atomic mass is 32.1. The zero-order valence-electron chi connectivity index (χ0n) is 32.5. The van der Waals surface area contributed by atoms with Crippen LogP contribution in [-0.4, -0.2) is 52.5 Å². The van der Waals surface area contributed by atoms with E-state index in [2.05, 4.69) is 15.6 Å². The van der Waals surface area contributed by atoms with Gasteiger partial charge in [-0.25, -0.2) is 34.9 Å². The van der Waals surface area contributed by atoms with Gasteiger partial charge in [-0.15, -0.1) is 22.7 Å². The Labute approximate surface area is 356 Å². The summed E-state index contributed by atoms with van der Waals surface area (Å²) in [5, 5.41) is 7.55. The fraction of sp³-hybridized carbons (Fsp3) is 0.0426. The fourth-order valence-electron chi connectivity index (χ4n) is 7.24. The van der Waals surface area contributed by atoms with E-state index in [0.717, 1.165) is 31.6 Å². The van der Waals surface area contributed by atoms with Crippen molar-refractivity contribution in [3.8, 4) is 22.0 Å². The summed E-state index contributed by atoms with van der Waals surface area (Å²) >= 11 is 2.97. The van der Waals surface area contributed by atoms with Gasteiger partial charge in [0.15, 0.2) is 11.6 Å². The van der Waals surface area contributed by atoms with Crippen LogP contribution >= 0.6 is 22.7 Å². The Kier molecular flexibility index (Phi) is 9.67. The van der Waals surface area contributed by atoms with Crippen LogP contribution in [0.15, 0.2) is 145 Å². The van der Waals surface area contributed by atoms with Gasteiger partial charge in [0.1, 0.15) is 21.7 Å². The van der Waals surface area contributed by atoms with Crippen molar-refractivity contribution in [1.82, 2.24) is 40.2 Å². The molecule has 3 N–H and O–H groups in total. The number of allylic oxidation sites excluding steroid dienone is 1. The summed E-state index contributed by atoms with van der Waals surface area (Å²) < 4.78 is 1.93. The number of hydrogen-bond donors (Lipinski definition) is 3. The number of thiazole rings is 2. The van der Waals surface area contributed by atoms with Gasteiger partial charge in [-0.3, -0.25) is 9.59 Å². The third-order valence-corrected chi connectivity index (χ3v) is 12.2. The molecule has 5 aromatic heterocycles. The number of aromatic amines is 1. The minimum Gasteiger partial charge on any atom is -0.340 e. The fourth-order valence-corrected chi connectivity index (χ4v) is 9.28. The van der Waals surface area contributed by atoms with Crippen molar-refractivity contribution in [2.75, 3.05) is 5.32 Å². The topological polar surface area (TPSA) is 164 Å². The van der Waals surface area contributed by atoms with E-state index in [1.165, 1.54) is 22.7 Å². The average Bonchev–Trinajstić information content (AvgIpc) is 4.07. The molecular weight excluding hydrogens is 801 g/mol. The van der Waals surface area contributed by atoms with E-state index < -0.39 is 0 Å². The SMILES string of the molecule is Cc1ccccc1C(=O)NC1=NC(=Cc2[nH]c(NC(=O)c3ccccc3C)c(-c3nc4ccccc4s3)c2-c2ncccn2)C(c2ncccn2)=C1c1nc2ccccc2s1. The molecule has 0 unspecified atom stereocenters. The van der Waals surface area contributed by atoms with Gasteiger partial charge in [-0.1, -0.05) is 60.7 Å². The highest BCUT2D eigenvalue weighted by molar-refractivity contribution is 7.21. The zero-order valence-corrected chi connectivity index (χ0v) is 34.2. The van der Waals surface area contributed by atoms with Crippen LogP contribution in [0.5, 0.6) is 0 Å². The number of hydrogen-bond acceptors (Lipinski definition) is 11. The summed E-state index contributed by atoms with van der Waals surface area (Å²) in [4.78, 5) is 65.8. The van der Waals surface area contributed by atoms with E-state index in [0.29, 0.717) is 72.3 Å². The highest BCUT2D eigenvalue weighted by Gasteiger charge is 2.33. The van der Waals surface area contributed by atoms with E-state index in [1.807, 2.05) is 105 Å². The second-order valence-electron chi connectivity index (χ2n) is 14.1. The molecule has 6 heterocycles. The van der Waals surface area contributed by atoms with Gasteiger partial charge in [0.05, 0.1) is 54.1 Å². The molecule has 14 heteroatoms. The first-order valence-corrected chi connectivity index (χ1v) is 20.8. The third-order valence-electron chi connectivity index (χ3n) is 10.1. The number of aryl methyl sites for hydroxylation is 2. The Bertz CT molecular complexity index is 3210. The summed E-state index contributed by atoms with van der Waals surface area (Å²) in [6.07, 6.45) is 8.50. The largest absolute Gasteiger partial charge is 0.340 e. The van der Waals surface area contributed by atoms with Crippen LogP contribution in [-0.2, 0) is 0 Å². The van der Waals surface area contributed by atoms with Crippen LogP contribution in [0.3, 0.4) is 0 Å². The van der Waals surface area contributed by atoms with Crippen LogP contribution in [0, 0.1) is 13.8 Å². The first-order chi connectivity index (χ1) is 29.9. The molecular formula is C47H32N10O2S2. The van der Waals surface area contributed by atoms with Crippen molar-refractivity contribution in [3.63, 3.8) is 0 Å². The van der Waals surface area contributed by atoms with Crippen molar-refractivity contribution < 1.29 is 9.59 Å². The van der Waals surface area contributed by atoms with Crippen LogP contribution in [0.1, 0.15) is 48.4 Å². The highest BCUT2D eigenvalue weighted by Crippen LogP contribution is 2.46. The molecule has 294 valence electrons. The van der Waals surface area contributed by atoms with Crippen molar-refractivity contribution in [2.45, 2.75) is 13.8 Å². The summed E-state index contributed by atoms with van der Waals surface area (Å²) in [7, 11) is 0. The molecule has 1 aliphatic rings. The van der Waals surface area contributed by atoms with Crippen LogP contribution < -0.4 is 10.6 Å². The quantitative estimate of drug-likeness (QED) is 0.136. The predicted molar refractivity (Wildman–Crippen MR) is 242 cm³/mol. The number of para-hydroxylation sites is 2. The Hall–Kier alpha value is -7.81. The Morgan fingerprint density at radius 3 is 1.70 bits per heavy atom. The lowest BCUT2D eigenvalue weighted by Gasteiger charge is -2.10. The molecule has 0 atom stereocenters. The monoisotopic (exact) mass is 832 g/mol. The van der Waals surface area contributed by atoms with Crippen LogP contribution in [0.25, 0.3) is 59.6 Å². The number of nitrogens with one attached hydrogen (secondary N) is 3. The van der Waals surface area contributed by atoms with Gasteiger partial charge in [0.2, 0.25) is 0 Å². The molecule has 0 radical (unpaired) electrons.